The van der Waals surface area contributed by atoms with Gasteiger partial charge in [0.15, 0.2) is 6.61 Å². The topological polar surface area (TPSA) is 77.2 Å². The van der Waals surface area contributed by atoms with Crippen LogP contribution in [0.4, 0.5) is 0 Å². The molecule has 0 aliphatic rings. The SMILES string of the molecule is Cc1cc(OCC(=O)NCc2nc(-c3cccs3)no2)ccc1Br. The summed E-state index contributed by atoms with van der Waals surface area (Å²) < 4.78 is 11.6. The van der Waals surface area contributed by atoms with Crippen LogP contribution < -0.4 is 10.1 Å². The average Bonchev–Trinajstić information content (AvgIpc) is 3.25. The van der Waals surface area contributed by atoms with Crippen molar-refractivity contribution in [1.82, 2.24) is 15.5 Å². The summed E-state index contributed by atoms with van der Waals surface area (Å²) in [5.74, 6) is 1.26. The molecule has 6 nitrogen and oxygen atoms in total. The minimum atomic E-state index is -0.258. The Morgan fingerprint density at radius 1 is 1.42 bits per heavy atom. The third-order valence-corrected chi connectivity index (χ3v) is 4.90. The van der Waals surface area contributed by atoms with E-state index in [1.807, 2.05) is 36.6 Å². The number of rotatable bonds is 6. The fraction of sp³-hybridized carbons (Fsp3) is 0.188. The largest absolute Gasteiger partial charge is 0.484 e. The van der Waals surface area contributed by atoms with E-state index in [1.165, 1.54) is 11.3 Å². The number of benzene rings is 1. The van der Waals surface area contributed by atoms with Gasteiger partial charge in [0, 0.05) is 4.47 Å². The molecule has 0 saturated heterocycles. The van der Waals surface area contributed by atoms with Gasteiger partial charge in [0.2, 0.25) is 11.7 Å². The van der Waals surface area contributed by atoms with Gasteiger partial charge in [-0.15, -0.1) is 11.3 Å². The van der Waals surface area contributed by atoms with E-state index in [0.717, 1.165) is 14.9 Å². The van der Waals surface area contributed by atoms with E-state index in [1.54, 1.807) is 6.07 Å². The van der Waals surface area contributed by atoms with Crippen molar-refractivity contribution < 1.29 is 14.1 Å². The van der Waals surface area contributed by atoms with Gasteiger partial charge in [-0.25, -0.2) is 0 Å². The summed E-state index contributed by atoms with van der Waals surface area (Å²) in [6.07, 6.45) is 0. The molecule has 0 aliphatic carbocycles. The molecule has 3 rings (SSSR count). The molecular weight excluding hydrogens is 394 g/mol. The Bertz CT molecular complexity index is 833. The van der Waals surface area contributed by atoms with E-state index in [4.69, 9.17) is 9.26 Å². The second-order valence-electron chi connectivity index (χ2n) is 4.97. The summed E-state index contributed by atoms with van der Waals surface area (Å²) in [7, 11) is 0. The summed E-state index contributed by atoms with van der Waals surface area (Å²) in [6, 6.07) is 9.37. The maximum atomic E-state index is 11.8. The van der Waals surface area contributed by atoms with Gasteiger partial charge in [-0.05, 0) is 42.1 Å². The average molecular weight is 408 g/mol. The molecule has 0 unspecified atom stereocenters. The summed E-state index contributed by atoms with van der Waals surface area (Å²) >= 11 is 4.94. The highest BCUT2D eigenvalue weighted by atomic mass is 79.9. The van der Waals surface area contributed by atoms with Crippen molar-refractivity contribution in [2.45, 2.75) is 13.5 Å². The highest BCUT2D eigenvalue weighted by Gasteiger charge is 2.11. The number of nitrogens with zero attached hydrogens (tertiary/aromatic N) is 2. The normalized spacial score (nSPS) is 10.6. The molecule has 0 bridgehead atoms. The zero-order valence-corrected chi connectivity index (χ0v) is 15.2. The molecule has 8 heteroatoms. The first-order valence-corrected chi connectivity index (χ1v) is 8.81. The Kier molecular flexibility index (Phi) is 5.27. The van der Waals surface area contributed by atoms with Crippen LogP contribution in [0.5, 0.6) is 5.75 Å². The standard InChI is InChI=1S/C16H14BrN3O3S/c1-10-7-11(4-5-12(10)17)22-9-14(21)18-8-15-19-16(20-23-15)13-3-2-6-24-13/h2-7H,8-9H2,1H3,(H,18,21). The molecule has 3 aromatic rings. The summed E-state index contributed by atoms with van der Waals surface area (Å²) in [6.45, 7) is 2.05. The minimum absolute atomic E-state index is 0.0764. The molecule has 1 amide bonds. The Hall–Kier alpha value is -2.19. The minimum Gasteiger partial charge on any atom is -0.484 e. The molecule has 0 saturated carbocycles. The molecule has 1 aromatic carbocycles. The lowest BCUT2D eigenvalue weighted by atomic mass is 10.2. The van der Waals surface area contributed by atoms with E-state index < -0.39 is 0 Å². The fourth-order valence-corrected chi connectivity index (χ4v) is 2.81. The number of halogens is 1. The smallest absolute Gasteiger partial charge is 0.258 e. The third kappa shape index (κ3) is 4.21. The molecule has 0 spiro atoms. The van der Waals surface area contributed by atoms with Gasteiger partial charge in [-0.1, -0.05) is 27.2 Å². The number of amides is 1. The quantitative estimate of drug-likeness (QED) is 0.675. The van der Waals surface area contributed by atoms with Crippen molar-refractivity contribution in [2.24, 2.45) is 0 Å². The number of aryl methyl sites for hydroxylation is 1. The first kappa shape index (κ1) is 16.7. The number of nitrogens with one attached hydrogen (secondary N) is 1. The van der Waals surface area contributed by atoms with E-state index in [9.17, 15) is 4.79 Å². The van der Waals surface area contributed by atoms with Crippen molar-refractivity contribution in [1.29, 1.82) is 0 Å². The van der Waals surface area contributed by atoms with Crippen LogP contribution in [-0.4, -0.2) is 22.7 Å². The van der Waals surface area contributed by atoms with Crippen molar-refractivity contribution in [3.63, 3.8) is 0 Å². The Morgan fingerprint density at radius 2 is 2.29 bits per heavy atom. The second kappa shape index (κ2) is 7.59. The lowest BCUT2D eigenvalue weighted by Crippen LogP contribution is -2.28. The van der Waals surface area contributed by atoms with E-state index in [2.05, 4.69) is 31.4 Å². The number of ether oxygens (including phenoxy) is 1. The lowest BCUT2D eigenvalue weighted by molar-refractivity contribution is -0.123. The number of carbonyl (C=O) groups excluding carboxylic acids is 1. The van der Waals surface area contributed by atoms with E-state index in [-0.39, 0.29) is 19.1 Å². The molecular formula is C16H14BrN3O3S. The Balaban J connectivity index is 1.48. The second-order valence-corrected chi connectivity index (χ2v) is 6.77. The number of thiophene rings is 1. The Morgan fingerprint density at radius 3 is 3.04 bits per heavy atom. The monoisotopic (exact) mass is 407 g/mol. The highest BCUT2D eigenvalue weighted by molar-refractivity contribution is 9.10. The zero-order valence-electron chi connectivity index (χ0n) is 12.8. The van der Waals surface area contributed by atoms with Gasteiger partial charge in [0.05, 0.1) is 11.4 Å². The van der Waals surface area contributed by atoms with Crippen molar-refractivity contribution in [2.75, 3.05) is 6.61 Å². The van der Waals surface area contributed by atoms with Gasteiger partial charge < -0.3 is 14.6 Å². The number of carbonyl (C=O) groups is 1. The molecule has 0 fully saturated rings. The van der Waals surface area contributed by atoms with Crippen LogP contribution in [0.25, 0.3) is 10.7 Å². The molecule has 0 aliphatic heterocycles. The van der Waals surface area contributed by atoms with Gasteiger partial charge in [-0.2, -0.15) is 4.98 Å². The van der Waals surface area contributed by atoms with Gasteiger partial charge in [0.1, 0.15) is 5.75 Å². The van der Waals surface area contributed by atoms with Crippen LogP contribution in [0.15, 0.2) is 44.7 Å². The van der Waals surface area contributed by atoms with Crippen molar-refractivity contribution in [3.8, 4) is 16.5 Å². The predicted molar refractivity (Wildman–Crippen MR) is 93.8 cm³/mol. The van der Waals surface area contributed by atoms with E-state index >= 15 is 0 Å². The van der Waals surface area contributed by atoms with Gasteiger partial charge in [0.25, 0.3) is 5.91 Å². The maximum Gasteiger partial charge on any atom is 0.258 e. The molecule has 1 N–H and O–H groups in total. The molecule has 2 aromatic heterocycles. The third-order valence-electron chi connectivity index (χ3n) is 3.15. The molecule has 0 radical (unpaired) electrons. The van der Waals surface area contributed by atoms with Crippen molar-refractivity contribution >= 4 is 33.2 Å². The van der Waals surface area contributed by atoms with Crippen LogP contribution in [-0.2, 0) is 11.3 Å². The molecule has 24 heavy (non-hydrogen) atoms. The van der Waals surface area contributed by atoms with Crippen LogP contribution in [0.2, 0.25) is 0 Å². The lowest BCUT2D eigenvalue weighted by Gasteiger charge is -2.07. The summed E-state index contributed by atoms with van der Waals surface area (Å²) in [5.41, 5.74) is 1.04. The zero-order chi connectivity index (χ0) is 16.9. The number of hydrogen-bond acceptors (Lipinski definition) is 6. The first-order valence-electron chi connectivity index (χ1n) is 7.14. The van der Waals surface area contributed by atoms with E-state index in [0.29, 0.717) is 17.5 Å². The van der Waals surface area contributed by atoms with Crippen LogP contribution >= 0.6 is 27.3 Å². The molecule has 2 heterocycles. The van der Waals surface area contributed by atoms with Crippen LogP contribution in [0, 0.1) is 6.92 Å². The van der Waals surface area contributed by atoms with Gasteiger partial charge >= 0.3 is 0 Å². The highest BCUT2D eigenvalue weighted by Crippen LogP contribution is 2.22. The van der Waals surface area contributed by atoms with Crippen LogP contribution in [0.1, 0.15) is 11.5 Å². The fourth-order valence-electron chi connectivity index (χ4n) is 1.91. The maximum absolute atomic E-state index is 11.8. The van der Waals surface area contributed by atoms with Gasteiger partial charge in [-0.3, -0.25) is 4.79 Å². The van der Waals surface area contributed by atoms with Crippen LogP contribution in [0.3, 0.4) is 0 Å². The predicted octanol–water partition coefficient (Wildman–Crippen LogP) is 3.56. The van der Waals surface area contributed by atoms with Crippen molar-refractivity contribution in [3.05, 3.63) is 51.6 Å². The molecule has 0 atom stereocenters. The summed E-state index contributed by atoms with van der Waals surface area (Å²) in [5, 5.41) is 8.51. The number of hydrogen-bond donors (Lipinski definition) is 1. The Labute approximate surface area is 151 Å². The summed E-state index contributed by atoms with van der Waals surface area (Å²) in [4.78, 5) is 17.0. The first-order chi connectivity index (χ1) is 11.6. The molecule has 124 valence electrons. The number of aromatic nitrogens is 2.